The lowest BCUT2D eigenvalue weighted by Crippen LogP contribution is -2.44. The number of hydrazine groups is 1. The highest BCUT2D eigenvalue weighted by atomic mass is 32.1. The van der Waals surface area contributed by atoms with E-state index in [1.165, 1.54) is 18.5 Å². The molecule has 0 saturated heterocycles. The van der Waals surface area contributed by atoms with Gasteiger partial charge in [-0.25, -0.2) is 0 Å². The third kappa shape index (κ3) is 2.67. The smallest absolute Gasteiger partial charge is 0.189 e. The molecule has 4 nitrogen and oxygen atoms in total. The highest BCUT2D eigenvalue weighted by molar-refractivity contribution is 7.80. The quantitative estimate of drug-likeness (QED) is 0.578. The van der Waals surface area contributed by atoms with Crippen molar-refractivity contribution in [1.82, 2.24) is 10.9 Å². The van der Waals surface area contributed by atoms with Crippen LogP contribution in [-0.4, -0.2) is 12.2 Å². The third-order valence-electron chi connectivity index (χ3n) is 5.91. The van der Waals surface area contributed by atoms with Crippen LogP contribution >= 0.6 is 12.2 Å². The minimum Gasteiger partial charge on any atom is -0.497 e. The van der Waals surface area contributed by atoms with Crippen molar-refractivity contribution in [2.24, 2.45) is 16.7 Å². The van der Waals surface area contributed by atoms with Gasteiger partial charge >= 0.3 is 0 Å². The van der Waals surface area contributed by atoms with Gasteiger partial charge in [0, 0.05) is 22.9 Å². The van der Waals surface area contributed by atoms with Crippen LogP contribution in [0.3, 0.4) is 0 Å². The molecule has 1 aromatic carbocycles. The zero-order valence-electron chi connectivity index (χ0n) is 14.2. The van der Waals surface area contributed by atoms with Crippen molar-refractivity contribution in [3.63, 3.8) is 0 Å². The van der Waals surface area contributed by atoms with E-state index in [1.54, 1.807) is 7.11 Å². The number of methoxy groups -OCH3 is 1. The largest absolute Gasteiger partial charge is 0.497 e. The Morgan fingerprint density at radius 1 is 1.30 bits per heavy atom. The van der Waals surface area contributed by atoms with Gasteiger partial charge in [-0.3, -0.25) is 5.43 Å². The summed E-state index contributed by atoms with van der Waals surface area (Å²) in [5, 5.41) is 3.71. The van der Waals surface area contributed by atoms with Crippen molar-refractivity contribution in [2.45, 2.75) is 33.6 Å². The monoisotopic (exact) mass is 331 g/mol. The normalized spacial score (nSPS) is 27.3. The SMILES string of the molecule is COc1cccc(NC(=S)NNC2=C[C@H]3CC[C@@]2(C)C3(C)C)c1. The summed E-state index contributed by atoms with van der Waals surface area (Å²) >= 11 is 5.38. The van der Waals surface area contributed by atoms with Gasteiger partial charge in [-0.05, 0) is 48.5 Å². The minimum atomic E-state index is 0.191. The fourth-order valence-corrected chi connectivity index (χ4v) is 4.03. The van der Waals surface area contributed by atoms with Crippen LogP contribution in [0.1, 0.15) is 33.6 Å². The third-order valence-corrected chi connectivity index (χ3v) is 6.11. The van der Waals surface area contributed by atoms with Crippen LogP contribution in [0, 0.1) is 16.7 Å². The number of anilines is 1. The molecule has 23 heavy (non-hydrogen) atoms. The van der Waals surface area contributed by atoms with Gasteiger partial charge in [0.15, 0.2) is 5.11 Å². The van der Waals surface area contributed by atoms with Crippen molar-refractivity contribution in [2.75, 3.05) is 12.4 Å². The number of rotatable bonds is 4. The average molecular weight is 331 g/mol. The summed E-state index contributed by atoms with van der Waals surface area (Å²) in [6, 6.07) is 7.70. The van der Waals surface area contributed by atoms with Crippen molar-refractivity contribution >= 4 is 23.0 Å². The van der Waals surface area contributed by atoms with Crippen molar-refractivity contribution in [3.05, 3.63) is 36.0 Å². The lowest BCUT2D eigenvalue weighted by Gasteiger charge is -2.37. The number of allylic oxidation sites excluding steroid dienone is 2. The molecule has 2 atom stereocenters. The predicted octanol–water partition coefficient (Wildman–Crippen LogP) is 3.83. The van der Waals surface area contributed by atoms with Gasteiger partial charge in [-0.1, -0.05) is 32.9 Å². The highest BCUT2D eigenvalue weighted by Gasteiger charge is 2.57. The summed E-state index contributed by atoms with van der Waals surface area (Å²) in [7, 11) is 1.65. The number of fused-ring (bicyclic) bond motifs is 2. The van der Waals surface area contributed by atoms with E-state index in [0.717, 1.165) is 11.4 Å². The van der Waals surface area contributed by atoms with E-state index < -0.39 is 0 Å². The van der Waals surface area contributed by atoms with E-state index in [1.807, 2.05) is 24.3 Å². The Morgan fingerprint density at radius 3 is 2.70 bits per heavy atom. The summed E-state index contributed by atoms with van der Waals surface area (Å²) in [6.07, 6.45) is 4.87. The molecule has 5 heteroatoms. The molecule has 0 unspecified atom stereocenters. The molecule has 1 saturated carbocycles. The first-order valence-corrected chi connectivity index (χ1v) is 8.47. The summed E-state index contributed by atoms with van der Waals surface area (Å²) in [6.45, 7) is 7.07. The summed E-state index contributed by atoms with van der Waals surface area (Å²) in [5.41, 5.74) is 9.11. The van der Waals surface area contributed by atoms with Gasteiger partial charge in [0.1, 0.15) is 5.75 Å². The average Bonchev–Trinajstić information content (AvgIpc) is 2.86. The van der Waals surface area contributed by atoms with E-state index in [4.69, 9.17) is 17.0 Å². The topological polar surface area (TPSA) is 45.3 Å². The van der Waals surface area contributed by atoms with Crippen LogP contribution in [0.25, 0.3) is 0 Å². The van der Waals surface area contributed by atoms with Crippen LogP contribution in [-0.2, 0) is 0 Å². The van der Waals surface area contributed by atoms with Gasteiger partial charge in [0.05, 0.1) is 7.11 Å². The number of nitrogens with one attached hydrogen (secondary N) is 3. The fraction of sp³-hybridized carbons (Fsp3) is 0.500. The molecule has 124 valence electrons. The maximum Gasteiger partial charge on any atom is 0.189 e. The van der Waals surface area contributed by atoms with Gasteiger partial charge in [0.25, 0.3) is 0 Å². The zero-order valence-corrected chi connectivity index (χ0v) is 15.0. The molecule has 0 aliphatic heterocycles. The molecule has 2 aliphatic rings. The van der Waals surface area contributed by atoms with E-state index in [9.17, 15) is 0 Å². The number of benzene rings is 1. The first-order chi connectivity index (χ1) is 10.9. The Labute approximate surface area is 143 Å². The highest BCUT2D eigenvalue weighted by Crippen LogP contribution is 2.64. The number of thiocarbonyl (C=S) groups is 1. The van der Waals surface area contributed by atoms with Crippen LogP contribution in [0.2, 0.25) is 0 Å². The van der Waals surface area contributed by atoms with Gasteiger partial charge in [0.2, 0.25) is 0 Å². The Hall–Kier alpha value is -1.75. The van der Waals surface area contributed by atoms with E-state index in [0.29, 0.717) is 16.4 Å². The second-order valence-corrected chi connectivity index (χ2v) is 7.62. The van der Waals surface area contributed by atoms with Crippen molar-refractivity contribution < 1.29 is 4.74 Å². The predicted molar refractivity (Wildman–Crippen MR) is 98.2 cm³/mol. The molecular weight excluding hydrogens is 306 g/mol. The molecular formula is C18H25N3OS. The fourth-order valence-electron chi connectivity index (χ4n) is 3.86. The molecule has 3 N–H and O–H groups in total. The standard InChI is InChI=1S/C18H25N3OS/c1-17(2)12-8-9-18(17,3)15(10-12)20-21-16(23)19-13-6-5-7-14(11-13)22-4/h5-7,10-12,20H,8-9H2,1-4H3,(H2,19,21,23)/t12-,18-/m1/s1. The minimum absolute atomic E-state index is 0.191. The van der Waals surface area contributed by atoms with Crippen LogP contribution in [0.4, 0.5) is 5.69 Å². The first-order valence-electron chi connectivity index (χ1n) is 8.06. The Morgan fingerprint density at radius 2 is 2.09 bits per heavy atom. The molecule has 0 aromatic heterocycles. The Balaban J connectivity index is 1.59. The van der Waals surface area contributed by atoms with Crippen LogP contribution in [0.5, 0.6) is 5.75 Å². The molecule has 0 heterocycles. The first kappa shape index (κ1) is 16.1. The zero-order chi connectivity index (χ0) is 16.7. The molecule has 0 spiro atoms. The van der Waals surface area contributed by atoms with Gasteiger partial charge in [-0.2, -0.15) is 0 Å². The molecule has 2 aliphatic carbocycles. The summed E-state index contributed by atoms with van der Waals surface area (Å²) in [4.78, 5) is 0. The summed E-state index contributed by atoms with van der Waals surface area (Å²) < 4.78 is 5.22. The van der Waals surface area contributed by atoms with Crippen LogP contribution < -0.4 is 20.9 Å². The van der Waals surface area contributed by atoms with E-state index in [-0.39, 0.29) is 5.41 Å². The molecule has 3 rings (SSSR count). The second-order valence-electron chi connectivity index (χ2n) is 7.22. The van der Waals surface area contributed by atoms with Gasteiger partial charge in [-0.15, -0.1) is 0 Å². The van der Waals surface area contributed by atoms with Gasteiger partial charge < -0.3 is 15.5 Å². The second kappa shape index (κ2) is 5.71. The van der Waals surface area contributed by atoms with Crippen LogP contribution in [0.15, 0.2) is 36.0 Å². The molecule has 1 fully saturated rings. The molecule has 1 aromatic rings. The maximum atomic E-state index is 5.38. The lowest BCUT2D eigenvalue weighted by atomic mass is 9.69. The number of hydrogen-bond acceptors (Lipinski definition) is 3. The lowest BCUT2D eigenvalue weighted by molar-refractivity contribution is 0.163. The van der Waals surface area contributed by atoms with Crippen molar-refractivity contribution in [3.8, 4) is 5.75 Å². The number of ether oxygens (including phenoxy) is 1. The summed E-state index contributed by atoms with van der Waals surface area (Å²) in [5.74, 6) is 1.45. The van der Waals surface area contributed by atoms with Crippen molar-refractivity contribution in [1.29, 1.82) is 0 Å². The molecule has 2 bridgehead atoms. The Bertz CT molecular complexity index is 655. The van der Waals surface area contributed by atoms with E-state index in [2.05, 4.69) is 43.0 Å². The molecule has 0 radical (unpaired) electrons. The number of hydrogen-bond donors (Lipinski definition) is 3. The molecule has 0 amide bonds. The Kier molecular flexibility index (Phi) is 4.00. The van der Waals surface area contributed by atoms with E-state index >= 15 is 0 Å². The maximum absolute atomic E-state index is 5.38.